The van der Waals surface area contributed by atoms with Gasteiger partial charge in [-0.3, -0.25) is 4.79 Å². The summed E-state index contributed by atoms with van der Waals surface area (Å²) in [5.41, 5.74) is -0.548. The van der Waals surface area contributed by atoms with E-state index in [1.165, 1.54) is 0 Å². The number of fused-ring (bicyclic) bond motifs is 2. The molecule has 0 unspecified atom stereocenters. The molecule has 0 aromatic rings. The Bertz CT molecular complexity index is 578. The number of allylic oxidation sites excluding steroid dienone is 2. The van der Waals surface area contributed by atoms with Crippen LogP contribution >= 0.6 is 0 Å². The number of rotatable bonds is 1. The minimum atomic E-state index is -0.878. The fraction of sp³-hybridized carbons (Fsp3) is 0.737. The zero-order valence-corrected chi connectivity index (χ0v) is 15.1. The van der Waals surface area contributed by atoms with E-state index < -0.39 is 16.6 Å². The van der Waals surface area contributed by atoms with E-state index in [0.717, 1.165) is 6.42 Å². The van der Waals surface area contributed by atoms with Gasteiger partial charge < -0.3 is 14.2 Å². The van der Waals surface area contributed by atoms with E-state index in [1.807, 2.05) is 26.0 Å². The molecule has 1 fully saturated rings. The molecule has 0 amide bonds. The molecule has 0 aromatic heterocycles. The average Bonchev–Trinajstić information content (AvgIpc) is 2.50. The van der Waals surface area contributed by atoms with Crippen molar-refractivity contribution in [3.63, 3.8) is 0 Å². The van der Waals surface area contributed by atoms with Gasteiger partial charge in [0.05, 0.1) is 24.7 Å². The van der Waals surface area contributed by atoms with E-state index in [2.05, 4.69) is 26.8 Å². The van der Waals surface area contributed by atoms with Crippen LogP contribution in [0.2, 0.25) is 0 Å². The third-order valence-electron chi connectivity index (χ3n) is 6.17. The summed E-state index contributed by atoms with van der Waals surface area (Å²) in [5, 5.41) is 0. The maximum Gasteiger partial charge on any atom is 0.195 e. The molecule has 1 aliphatic heterocycles. The Hall–Kier alpha value is -0.970. The molecular formula is C19H28O4. The summed E-state index contributed by atoms with van der Waals surface area (Å²) >= 11 is 0. The molecule has 3 atom stereocenters. The Balaban J connectivity index is 2.15. The number of ketones is 1. The Labute approximate surface area is 138 Å². The summed E-state index contributed by atoms with van der Waals surface area (Å²) < 4.78 is 18.3. The van der Waals surface area contributed by atoms with Gasteiger partial charge in [-0.1, -0.05) is 32.9 Å². The molecule has 0 saturated carbocycles. The number of carbonyl (C=O) groups is 1. The maximum absolute atomic E-state index is 13.1. The lowest BCUT2D eigenvalue weighted by Gasteiger charge is -2.62. The molecule has 1 spiro atoms. The summed E-state index contributed by atoms with van der Waals surface area (Å²) in [5.74, 6) is -0.754. The smallest absolute Gasteiger partial charge is 0.195 e. The topological polar surface area (TPSA) is 44.8 Å². The number of methoxy groups -OCH3 is 1. The molecular weight excluding hydrogens is 292 g/mol. The lowest BCUT2D eigenvalue weighted by molar-refractivity contribution is -0.343. The van der Waals surface area contributed by atoms with Crippen molar-refractivity contribution < 1.29 is 19.0 Å². The van der Waals surface area contributed by atoms with Crippen LogP contribution in [0.25, 0.3) is 0 Å². The van der Waals surface area contributed by atoms with Gasteiger partial charge in [-0.05, 0) is 31.9 Å². The van der Waals surface area contributed by atoms with Gasteiger partial charge in [0.2, 0.25) is 0 Å². The average molecular weight is 320 g/mol. The molecule has 4 nitrogen and oxygen atoms in total. The number of ether oxygens (including phenoxy) is 3. The van der Waals surface area contributed by atoms with Crippen molar-refractivity contribution >= 4 is 5.78 Å². The van der Waals surface area contributed by atoms with Crippen molar-refractivity contribution in [3.05, 3.63) is 23.8 Å². The van der Waals surface area contributed by atoms with Gasteiger partial charge in [-0.25, -0.2) is 0 Å². The van der Waals surface area contributed by atoms with Crippen molar-refractivity contribution in [2.45, 2.75) is 52.9 Å². The van der Waals surface area contributed by atoms with Gasteiger partial charge >= 0.3 is 0 Å². The molecule has 23 heavy (non-hydrogen) atoms. The number of carbonyl (C=O) groups excluding carboxylic acids is 1. The van der Waals surface area contributed by atoms with Crippen molar-refractivity contribution in [2.75, 3.05) is 20.3 Å². The Kier molecular flexibility index (Phi) is 3.68. The quantitative estimate of drug-likeness (QED) is 0.696. The normalized spacial score (nSPS) is 41.6. The fourth-order valence-electron chi connectivity index (χ4n) is 4.35. The molecule has 4 heteroatoms. The van der Waals surface area contributed by atoms with Gasteiger partial charge in [0.15, 0.2) is 11.6 Å². The van der Waals surface area contributed by atoms with Crippen LogP contribution in [0, 0.1) is 16.2 Å². The highest BCUT2D eigenvalue weighted by Gasteiger charge is 2.69. The first kappa shape index (κ1) is 16.9. The Morgan fingerprint density at radius 1 is 1.17 bits per heavy atom. The van der Waals surface area contributed by atoms with Crippen LogP contribution in [0.5, 0.6) is 0 Å². The molecule has 1 heterocycles. The second-order valence-corrected chi connectivity index (χ2v) is 8.39. The molecule has 3 rings (SSSR count). The Morgan fingerprint density at radius 2 is 1.78 bits per heavy atom. The SMILES string of the molecule is CO[C@H]1C=CC[C@@]2(C)C3(C=C(C)C(=O)[C@@]12C)OCC(C)(C)CO3. The number of Topliss-reactive ketones (excluding diaryl/α,β-unsaturated/α-hetero) is 1. The van der Waals surface area contributed by atoms with Crippen molar-refractivity contribution in [1.29, 1.82) is 0 Å². The maximum atomic E-state index is 13.1. The predicted octanol–water partition coefficient (Wildman–Crippen LogP) is 3.27. The van der Waals surface area contributed by atoms with E-state index in [9.17, 15) is 4.79 Å². The zero-order valence-electron chi connectivity index (χ0n) is 15.1. The standard InChI is InChI=1S/C19H28O4/c1-13-10-19(22-11-16(2,3)12-23-19)17(4)9-7-8-14(21-6)18(17,5)15(13)20/h7-8,10,14H,9,11-12H2,1-6H3/t14-,17+,18+/m0/s1. The first-order valence-electron chi connectivity index (χ1n) is 8.34. The molecule has 3 aliphatic rings. The number of hydrogen-bond acceptors (Lipinski definition) is 4. The second-order valence-electron chi connectivity index (χ2n) is 8.39. The minimum absolute atomic E-state index is 0.0215. The highest BCUT2D eigenvalue weighted by molar-refractivity contribution is 6.02. The summed E-state index contributed by atoms with van der Waals surface area (Å²) in [6.07, 6.45) is 6.43. The highest BCUT2D eigenvalue weighted by Crippen LogP contribution is 2.62. The molecule has 0 aromatic carbocycles. The monoisotopic (exact) mass is 320 g/mol. The van der Waals surface area contributed by atoms with Crippen LogP contribution < -0.4 is 0 Å². The molecule has 0 bridgehead atoms. The van der Waals surface area contributed by atoms with Crippen molar-refractivity contribution in [2.24, 2.45) is 16.2 Å². The molecule has 0 N–H and O–H groups in total. The van der Waals surface area contributed by atoms with Crippen LogP contribution in [-0.2, 0) is 19.0 Å². The van der Waals surface area contributed by atoms with Gasteiger partial charge in [-0.15, -0.1) is 0 Å². The lowest BCUT2D eigenvalue weighted by atomic mass is 9.49. The molecule has 128 valence electrons. The fourth-order valence-corrected chi connectivity index (χ4v) is 4.35. The first-order valence-corrected chi connectivity index (χ1v) is 8.34. The second kappa shape index (κ2) is 5.01. The molecule has 1 saturated heterocycles. The van der Waals surface area contributed by atoms with Crippen LogP contribution in [0.1, 0.15) is 41.0 Å². The highest BCUT2D eigenvalue weighted by atomic mass is 16.7. The third-order valence-corrected chi connectivity index (χ3v) is 6.17. The first-order chi connectivity index (χ1) is 10.6. The van der Waals surface area contributed by atoms with Crippen LogP contribution in [0.3, 0.4) is 0 Å². The predicted molar refractivity (Wildman–Crippen MR) is 87.9 cm³/mol. The van der Waals surface area contributed by atoms with Gasteiger partial charge in [-0.2, -0.15) is 0 Å². The third kappa shape index (κ3) is 2.04. The van der Waals surface area contributed by atoms with Gasteiger partial charge in [0.25, 0.3) is 0 Å². The van der Waals surface area contributed by atoms with Crippen molar-refractivity contribution in [1.82, 2.24) is 0 Å². The van der Waals surface area contributed by atoms with E-state index in [0.29, 0.717) is 18.8 Å². The van der Waals surface area contributed by atoms with E-state index >= 15 is 0 Å². The number of hydrogen-bond donors (Lipinski definition) is 0. The van der Waals surface area contributed by atoms with E-state index in [-0.39, 0.29) is 17.3 Å². The van der Waals surface area contributed by atoms with Crippen LogP contribution in [0.15, 0.2) is 23.8 Å². The van der Waals surface area contributed by atoms with Crippen molar-refractivity contribution in [3.8, 4) is 0 Å². The lowest BCUT2D eigenvalue weighted by Crippen LogP contribution is -2.69. The minimum Gasteiger partial charge on any atom is -0.376 e. The summed E-state index contributed by atoms with van der Waals surface area (Å²) in [4.78, 5) is 13.1. The van der Waals surface area contributed by atoms with Crippen LogP contribution in [0.4, 0.5) is 0 Å². The summed E-state index contributed by atoms with van der Waals surface area (Å²) in [6.45, 7) is 11.4. The van der Waals surface area contributed by atoms with E-state index in [4.69, 9.17) is 14.2 Å². The zero-order chi connectivity index (χ0) is 17.1. The van der Waals surface area contributed by atoms with Crippen LogP contribution in [-0.4, -0.2) is 38.0 Å². The molecule has 0 radical (unpaired) electrons. The van der Waals surface area contributed by atoms with E-state index in [1.54, 1.807) is 7.11 Å². The molecule has 2 aliphatic carbocycles. The largest absolute Gasteiger partial charge is 0.376 e. The Morgan fingerprint density at radius 3 is 2.35 bits per heavy atom. The summed E-state index contributed by atoms with van der Waals surface area (Å²) in [7, 11) is 1.66. The summed E-state index contributed by atoms with van der Waals surface area (Å²) in [6, 6.07) is 0. The van der Waals surface area contributed by atoms with Gasteiger partial charge in [0.1, 0.15) is 0 Å². The van der Waals surface area contributed by atoms with Gasteiger partial charge in [0, 0.05) is 17.9 Å².